The van der Waals surface area contributed by atoms with Crippen molar-refractivity contribution in [2.45, 2.75) is 19.3 Å². The first-order valence-electron chi connectivity index (χ1n) is 3.26. The molecule has 1 rings (SSSR count). The van der Waals surface area contributed by atoms with Crippen LogP contribution in [0.2, 0.25) is 0 Å². The highest BCUT2D eigenvalue weighted by atomic mass is 16.6. The first-order chi connectivity index (χ1) is 4.27. The van der Waals surface area contributed by atoms with Gasteiger partial charge in [-0.25, -0.2) is 10.0 Å². The molecule has 3 nitrogen and oxygen atoms in total. The molecule has 1 heterocycles. The molecule has 0 aliphatic carbocycles. The topological polar surface area (TPSA) is 37.3 Å². The summed E-state index contributed by atoms with van der Waals surface area (Å²) in [5, 5.41) is 9.19. The molecule has 0 aromatic carbocycles. The number of hydrogen-bond acceptors (Lipinski definition) is 2. The Bertz CT molecular complexity index is 108. The van der Waals surface area contributed by atoms with E-state index in [1.807, 2.05) is 0 Å². The maximum atomic E-state index is 10.1. The average molecular weight is 129 g/mol. The minimum Gasteiger partial charge on any atom is -0.211 e. The van der Waals surface area contributed by atoms with Gasteiger partial charge in [0.05, 0.1) is 0 Å². The number of carbonyl (C=O) groups excluding carboxylic acids is 1. The molecule has 1 saturated heterocycles. The van der Waals surface area contributed by atoms with Crippen LogP contribution in [0, 0.1) is 0 Å². The van der Waals surface area contributed by atoms with Gasteiger partial charge in [0.2, 0.25) is 0 Å². The summed E-state index contributed by atoms with van der Waals surface area (Å²) >= 11 is 0. The van der Waals surface area contributed by atoms with Gasteiger partial charge in [-0.05, 0) is 6.42 Å². The van der Waals surface area contributed by atoms with Crippen LogP contribution in [0.15, 0.2) is 0 Å². The monoisotopic (exact) mass is 129 g/mol. The van der Waals surface area contributed by atoms with Crippen LogP contribution in [-0.2, 0) is 4.79 Å². The molecule has 0 unspecified atom stereocenters. The molecule has 3 heteroatoms. The van der Waals surface area contributed by atoms with Crippen molar-refractivity contribution in [3.05, 3.63) is 0 Å². The second-order valence-electron chi connectivity index (χ2n) is 2.52. The highest BCUT2D eigenvalue weighted by molar-refractivity contribution is 5.37. The lowest BCUT2D eigenvalue weighted by Gasteiger charge is -2.24. The predicted octanol–water partition coefficient (Wildman–Crippen LogP) is 0.444. The Morgan fingerprint density at radius 3 is 2.11 bits per heavy atom. The molecule has 1 N–H and O–H groups in total. The van der Waals surface area contributed by atoms with Gasteiger partial charge < -0.3 is 0 Å². The van der Waals surface area contributed by atoms with Crippen LogP contribution in [0.1, 0.15) is 19.3 Å². The van der Waals surface area contributed by atoms with Crippen LogP contribution in [0.5, 0.6) is 0 Å². The minimum absolute atomic E-state index is 0.486. The standard InChI is InChI=1S/C6H11NO2/c8-6-7(9)4-2-1-3-5-7/h9H,1-5H2/q+1. The van der Waals surface area contributed by atoms with Crippen molar-refractivity contribution >= 4 is 6.41 Å². The Labute approximate surface area is 54.4 Å². The maximum absolute atomic E-state index is 10.1. The highest BCUT2D eigenvalue weighted by Crippen LogP contribution is 2.12. The highest BCUT2D eigenvalue weighted by Gasteiger charge is 2.29. The Morgan fingerprint density at radius 1 is 1.22 bits per heavy atom. The van der Waals surface area contributed by atoms with Gasteiger partial charge in [-0.1, -0.05) is 0 Å². The van der Waals surface area contributed by atoms with Gasteiger partial charge >= 0.3 is 6.41 Å². The Morgan fingerprint density at radius 2 is 1.78 bits per heavy atom. The van der Waals surface area contributed by atoms with Crippen molar-refractivity contribution in [3.8, 4) is 0 Å². The van der Waals surface area contributed by atoms with E-state index in [4.69, 9.17) is 0 Å². The predicted molar refractivity (Wildman–Crippen MR) is 31.3 cm³/mol. The smallest absolute Gasteiger partial charge is 0.211 e. The molecule has 0 bridgehead atoms. The third kappa shape index (κ3) is 1.50. The lowest BCUT2D eigenvalue weighted by atomic mass is 10.1. The third-order valence-corrected chi connectivity index (χ3v) is 1.73. The summed E-state index contributed by atoms with van der Waals surface area (Å²) in [6.45, 7) is 1.09. The molecule has 0 atom stereocenters. The van der Waals surface area contributed by atoms with Gasteiger partial charge in [-0.2, -0.15) is 0 Å². The van der Waals surface area contributed by atoms with Crippen molar-refractivity contribution in [1.29, 1.82) is 0 Å². The van der Waals surface area contributed by atoms with E-state index in [1.54, 1.807) is 6.41 Å². The van der Waals surface area contributed by atoms with Gasteiger partial charge in [-0.3, -0.25) is 0 Å². The molecule has 0 aromatic heterocycles. The summed E-state index contributed by atoms with van der Waals surface area (Å²) in [6.07, 6.45) is 4.62. The number of nitrogens with zero attached hydrogens (tertiary/aromatic N) is 1. The van der Waals surface area contributed by atoms with Crippen molar-refractivity contribution in [3.63, 3.8) is 0 Å². The van der Waals surface area contributed by atoms with Crippen molar-refractivity contribution in [2.75, 3.05) is 13.1 Å². The molecule has 1 aliphatic rings. The van der Waals surface area contributed by atoms with E-state index < -0.39 is 4.65 Å². The summed E-state index contributed by atoms with van der Waals surface area (Å²) in [6, 6.07) is 0. The number of hydroxylamine groups is 3. The van der Waals surface area contributed by atoms with E-state index in [2.05, 4.69) is 0 Å². The number of rotatable bonds is 1. The van der Waals surface area contributed by atoms with Gasteiger partial charge in [-0.15, -0.1) is 4.65 Å². The lowest BCUT2D eigenvalue weighted by molar-refractivity contribution is -1.03. The van der Waals surface area contributed by atoms with E-state index in [-0.39, 0.29) is 0 Å². The van der Waals surface area contributed by atoms with Crippen LogP contribution in [-0.4, -0.2) is 29.4 Å². The fourth-order valence-corrected chi connectivity index (χ4v) is 1.13. The number of amides is 1. The van der Waals surface area contributed by atoms with E-state index >= 15 is 0 Å². The quantitative estimate of drug-likeness (QED) is 0.412. The first kappa shape index (κ1) is 6.71. The summed E-state index contributed by atoms with van der Waals surface area (Å²) in [5.41, 5.74) is 0. The van der Waals surface area contributed by atoms with Crippen LogP contribution in [0.3, 0.4) is 0 Å². The molecular formula is C6H11NO2+. The van der Waals surface area contributed by atoms with Crippen molar-refractivity contribution in [1.82, 2.24) is 0 Å². The largest absolute Gasteiger partial charge is 0.477 e. The van der Waals surface area contributed by atoms with E-state index in [9.17, 15) is 10.0 Å². The van der Waals surface area contributed by atoms with E-state index in [0.29, 0.717) is 13.1 Å². The lowest BCUT2D eigenvalue weighted by Crippen LogP contribution is -2.47. The molecule has 51 valence electrons. The Balaban J connectivity index is 2.46. The minimum atomic E-state index is -0.486. The van der Waals surface area contributed by atoms with Crippen LogP contribution in [0.25, 0.3) is 0 Å². The van der Waals surface area contributed by atoms with Crippen LogP contribution in [0.4, 0.5) is 0 Å². The summed E-state index contributed by atoms with van der Waals surface area (Å²) in [5.74, 6) is 0. The van der Waals surface area contributed by atoms with Crippen molar-refractivity contribution < 1.29 is 14.6 Å². The molecule has 0 spiro atoms. The SMILES string of the molecule is O=[C][N+]1(O)CCCCC1. The second kappa shape index (κ2) is 2.45. The zero-order valence-corrected chi connectivity index (χ0v) is 5.34. The summed E-state index contributed by atoms with van der Waals surface area (Å²) < 4.78 is -0.486. The number of hydrogen-bond donors (Lipinski definition) is 1. The second-order valence-corrected chi connectivity index (χ2v) is 2.52. The maximum Gasteiger partial charge on any atom is 0.477 e. The molecule has 9 heavy (non-hydrogen) atoms. The average Bonchev–Trinajstić information content (AvgIpc) is 1.90. The van der Waals surface area contributed by atoms with Crippen LogP contribution < -0.4 is 0 Å². The number of piperidine rings is 1. The molecule has 0 aromatic rings. The summed E-state index contributed by atoms with van der Waals surface area (Å²) in [7, 11) is 0. The molecule has 1 amide bonds. The fourth-order valence-electron chi connectivity index (χ4n) is 1.13. The Kier molecular flexibility index (Phi) is 1.83. The Hall–Kier alpha value is -0.410. The van der Waals surface area contributed by atoms with E-state index in [0.717, 1.165) is 19.3 Å². The van der Waals surface area contributed by atoms with Gasteiger partial charge in [0.1, 0.15) is 13.1 Å². The molecular weight excluding hydrogens is 118 g/mol. The zero-order valence-electron chi connectivity index (χ0n) is 5.34. The van der Waals surface area contributed by atoms with Crippen molar-refractivity contribution in [2.24, 2.45) is 0 Å². The van der Waals surface area contributed by atoms with Gasteiger partial charge in [0, 0.05) is 12.8 Å². The molecule has 1 radical (unpaired) electrons. The molecule has 0 saturated carbocycles. The molecule has 1 aliphatic heterocycles. The molecule has 1 fully saturated rings. The normalized spacial score (nSPS) is 25.4. The van der Waals surface area contributed by atoms with Gasteiger partial charge in [0.25, 0.3) is 0 Å². The number of likely N-dealkylation sites (tertiary alicyclic amines) is 1. The van der Waals surface area contributed by atoms with Crippen LogP contribution >= 0.6 is 0 Å². The number of quaternary nitrogens is 1. The summed E-state index contributed by atoms with van der Waals surface area (Å²) in [4.78, 5) is 10.1. The zero-order chi connectivity index (χ0) is 6.74. The third-order valence-electron chi connectivity index (χ3n) is 1.73. The first-order valence-corrected chi connectivity index (χ1v) is 3.26. The fraction of sp³-hybridized carbons (Fsp3) is 0.833. The van der Waals surface area contributed by atoms with E-state index in [1.165, 1.54) is 0 Å². The van der Waals surface area contributed by atoms with Gasteiger partial charge in [0.15, 0.2) is 0 Å².